The van der Waals surface area contributed by atoms with Crippen molar-refractivity contribution >= 4 is 35.0 Å². The topological polar surface area (TPSA) is 88.6 Å². The molecule has 29 heavy (non-hydrogen) atoms. The summed E-state index contributed by atoms with van der Waals surface area (Å²) in [6.45, 7) is 0. The van der Waals surface area contributed by atoms with Gasteiger partial charge in [0.1, 0.15) is 5.75 Å². The van der Waals surface area contributed by atoms with Gasteiger partial charge in [-0.25, -0.2) is 4.98 Å². The van der Waals surface area contributed by atoms with Gasteiger partial charge in [-0.3, -0.25) is 19.3 Å². The van der Waals surface area contributed by atoms with Gasteiger partial charge in [-0.2, -0.15) is 0 Å². The molecule has 1 aromatic heterocycles. The molecular weight excluding hydrogens is 394 g/mol. The summed E-state index contributed by atoms with van der Waals surface area (Å²) in [5.41, 5.74) is 1.23. The monoisotopic (exact) mass is 407 g/mol. The number of nitrogens with one attached hydrogen (secondary N) is 1. The van der Waals surface area contributed by atoms with E-state index in [1.807, 2.05) is 0 Å². The molecule has 1 N–H and O–H groups in total. The number of anilines is 1. The van der Waals surface area contributed by atoms with E-state index in [1.165, 1.54) is 31.4 Å². The third kappa shape index (κ3) is 3.68. The Hall–Kier alpha value is -3.71. The Balaban J connectivity index is 1.46. The fourth-order valence-electron chi connectivity index (χ4n) is 2.84. The van der Waals surface area contributed by atoms with Crippen molar-refractivity contribution in [2.24, 2.45) is 0 Å². The van der Waals surface area contributed by atoms with Gasteiger partial charge in [-0.1, -0.05) is 11.6 Å². The molecule has 3 amide bonds. The molecule has 7 nitrogen and oxygen atoms in total. The smallest absolute Gasteiger partial charge is 0.261 e. The van der Waals surface area contributed by atoms with E-state index in [1.54, 1.807) is 36.4 Å². The van der Waals surface area contributed by atoms with Crippen LogP contribution in [0.3, 0.4) is 0 Å². The highest BCUT2D eigenvalue weighted by molar-refractivity contribution is 6.30. The second-order valence-corrected chi connectivity index (χ2v) is 6.76. The van der Waals surface area contributed by atoms with Gasteiger partial charge in [-0.15, -0.1) is 0 Å². The van der Waals surface area contributed by atoms with E-state index < -0.39 is 11.8 Å². The van der Waals surface area contributed by atoms with Gasteiger partial charge in [0.05, 0.1) is 23.0 Å². The second-order valence-electron chi connectivity index (χ2n) is 6.32. The van der Waals surface area contributed by atoms with Crippen LogP contribution >= 0.6 is 11.6 Å². The van der Waals surface area contributed by atoms with Crippen LogP contribution < -0.4 is 10.1 Å². The normalized spacial score (nSPS) is 12.7. The van der Waals surface area contributed by atoms with E-state index in [9.17, 15) is 14.4 Å². The maximum atomic E-state index is 12.5. The van der Waals surface area contributed by atoms with Crippen molar-refractivity contribution in [2.75, 3.05) is 12.4 Å². The molecule has 0 saturated heterocycles. The Bertz CT molecular complexity index is 1130. The number of amides is 3. The molecule has 1 aliphatic heterocycles. The molecule has 1 aliphatic rings. The zero-order valence-electron chi connectivity index (χ0n) is 15.2. The first-order valence-corrected chi connectivity index (χ1v) is 8.97. The molecule has 8 heteroatoms. The number of carbonyl (C=O) groups is 3. The van der Waals surface area contributed by atoms with Crippen LogP contribution in [0.25, 0.3) is 0 Å². The van der Waals surface area contributed by atoms with E-state index in [-0.39, 0.29) is 17.0 Å². The molecule has 0 atom stereocenters. The number of aromatic nitrogens is 1. The Morgan fingerprint density at radius 3 is 2.41 bits per heavy atom. The maximum absolute atomic E-state index is 12.5. The van der Waals surface area contributed by atoms with Crippen molar-refractivity contribution in [3.05, 3.63) is 82.5 Å². The van der Waals surface area contributed by atoms with Crippen molar-refractivity contribution in [3.63, 3.8) is 0 Å². The number of fused-ring (bicyclic) bond motifs is 1. The van der Waals surface area contributed by atoms with Crippen molar-refractivity contribution in [1.82, 2.24) is 9.88 Å². The lowest BCUT2D eigenvalue weighted by Crippen LogP contribution is -2.24. The van der Waals surface area contributed by atoms with Crippen LogP contribution in [0.4, 0.5) is 5.69 Å². The summed E-state index contributed by atoms with van der Waals surface area (Å²) in [6.07, 6.45) is 1.46. The number of carbonyl (C=O) groups excluding carboxylic acids is 3. The first kappa shape index (κ1) is 18.6. The predicted molar refractivity (Wildman–Crippen MR) is 107 cm³/mol. The number of hydrogen-bond donors (Lipinski definition) is 1. The minimum Gasteiger partial charge on any atom is -0.439 e. The average molecular weight is 408 g/mol. The van der Waals surface area contributed by atoms with Crippen LogP contribution in [-0.4, -0.2) is 34.7 Å². The largest absolute Gasteiger partial charge is 0.439 e. The number of ether oxygens (including phenoxy) is 1. The van der Waals surface area contributed by atoms with Crippen molar-refractivity contribution in [2.45, 2.75) is 0 Å². The third-order valence-corrected chi connectivity index (χ3v) is 4.63. The van der Waals surface area contributed by atoms with E-state index in [4.69, 9.17) is 16.3 Å². The van der Waals surface area contributed by atoms with Gasteiger partial charge in [0, 0.05) is 23.7 Å². The summed E-state index contributed by atoms with van der Waals surface area (Å²) in [5.74, 6) is -0.283. The first-order valence-electron chi connectivity index (χ1n) is 8.59. The molecule has 0 spiro atoms. The molecule has 4 rings (SSSR count). The zero-order valence-corrected chi connectivity index (χ0v) is 15.9. The van der Waals surface area contributed by atoms with Crippen molar-refractivity contribution < 1.29 is 19.1 Å². The lowest BCUT2D eigenvalue weighted by Gasteiger charge is -2.08. The second kappa shape index (κ2) is 7.37. The molecule has 0 unspecified atom stereocenters. The van der Waals surface area contributed by atoms with Gasteiger partial charge >= 0.3 is 0 Å². The minimum absolute atomic E-state index is 0.218. The Morgan fingerprint density at radius 2 is 1.72 bits per heavy atom. The van der Waals surface area contributed by atoms with Crippen LogP contribution in [0.5, 0.6) is 11.6 Å². The Labute approximate surface area is 170 Å². The van der Waals surface area contributed by atoms with Crippen molar-refractivity contribution in [3.8, 4) is 11.6 Å². The predicted octanol–water partition coefficient (Wildman–Crippen LogP) is 4.01. The third-order valence-electron chi connectivity index (χ3n) is 4.38. The van der Waals surface area contributed by atoms with Crippen LogP contribution in [0, 0.1) is 0 Å². The number of imide groups is 1. The number of hydrogen-bond acceptors (Lipinski definition) is 5. The first-order chi connectivity index (χ1) is 13.9. The van der Waals surface area contributed by atoms with E-state index in [2.05, 4.69) is 10.3 Å². The van der Waals surface area contributed by atoms with Crippen molar-refractivity contribution in [1.29, 1.82) is 0 Å². The minimum atomic E-state index is -0.426. The van der Waals surface area contributed by atoms with E-state index >= 15 is 0 Å². The standard InChI is InChI=1S/C21H14ClN3O4/c1-25-20(27)16-8-2-12(10-17(16)21(25)28)19(26)24-14-5-9-18(23-11-14)29-15-6-3-13(22)4-7-15/h2-11H,1H3,(H,24,26). The molecule has 0 radical (unpaired) electrons. The van der Waals surface area contributed by atoms with Crippen LogP contribution in [-0.2, 0) is 0 Å². The number of halogens is 1. The zero-order chi connectivity index (χ0) is 20.5. The summed E-state index contributed by atoms with van der Waals surface area (Å²) in [5, 5.41) is 3.31. The molecule has 2 aromatic carbocycles. The summed E-state index contributed by atoms with van der Waals surface area (Å²) < 4.78 is 5.60. The highest BCUT2D eigenvalue weighted by atomic mass is 35.5. The Morgan fingerprint density at radius 1 is 1.00 bits per heavy atom. The molecule has 144 valence electrons. The maximum Gasteiger partial charge on any atom is 0.261 e. The SMILES string of the molecule is CN1C(=O)c2ccc(C(=O)Nc3ccc(Oc4ccc(Cl)cc4)nc3)cc2C1=O. The summed E-state index contributed by atoms with van der Waals surface area (Å²) in [6, 6.07) is 14.5. The summed E-state index contributed by atoms with van der Waals surface area (Å²) >= 11 is 5.84. The number of benzene rings is 2. The summed E-state index contributed by atoms with van der Waals surface area (Å²) in [4.78, 5) is 41.7. The quantitative estimate of drug-likeness (QED) is 0.660. The lowest BCUT2D eigenvalue weighted by molar-refractivity contribution is 0.0693. The van der Waals surface area contributed by atoms with Crippen LogP contribution in [0.1, 0.15) is 31.1 Å². The highest BCUT2D eigenvalue weighted by Crippen LogP contribution is 2.24. The van der Waals surface area contributed by atoms with Gasteiger partial charge in [-0.05, 0) is 48.5 Å². The van der Waals surface area contributed by atoms with Gasteiger partial charge in [0.15, 0.2) is 0 Å². The Kier molecular flexibility index (Phi) is 4.74. The van der Waals surface area contributed by atoms with Crippen LogP contribution in [0.2, 0.25) is 5.02 Å². The van der Waals surface area contributed by atoms with E-state index in [0.29, 0.717) is 27.9 Å². The molecule has 3 aromatic rings. The number of nitrogens with zero attached hydrogens (tertiary/aromatic N) is 2. The van der Waals surface area contributed by atoms with Crippen LogP contribution in [0.15, 0.2) is 60.8 Å². The fraction of sp³-hybridized carbons (Fsp3) is 0.0476. The molecule has 2 heterocycles. The molecule has 0 saturated carbocycles. The average Bonchev–Trinajstić information content (AvgIpc) is 2.95. The van der Waals surface area contributed by atoms with Gasteiger partial charge in [0.25, 0.3) is 17.7 Å². The molecule has 0 fully saturated rings. The van der Waals surface area contributed by atoms with Gasteiger partial charge in [0.2, 0.25) is 5.88 Å². The number of rotatable bonds is 4. The fourth-order valence-corrected chi connectivity index (χ4v) is 2.97. The molecular formula is C21H14ClN3O4. The highest BCUT2D eigenvalue weighted by Gasteiger charge is 2.33. The van der Waals surface area contributed by atoms with E-state index in [0.717, 1.165) is 4.90 Å². The number of pyridine rings is 1. The summed E-state index contributed by atoms with van der Waals surface area (Å²) in [7, 11) is 1.41. The van der Waals surface area contributed by atoms with Gasteiger partial charge < -0.3 is 10.1 Å². The lowest BCUT2D eigenvalue weighted by atomic mass is 10.1. The molecule has 0 bridgehead atoms. The molecule has 0 aliphatic carbocycles.